The summed E-state index contributed by atoms with van der Waals surface area (Å²) in [6.45, 7) is 3.83. The summed E-state index contributed by atoms with van der Waals surface area (Å²) < 4.78 is 5.29. The number of piperidine rings is 1. The van der Waals surface area contributed by atoms with Gasteiger partial charge in [-0.25, -0.2) is 4.98 Å². The van der Waals surface area contributed by atoms with Gasteiger partial charge in [-0.05, 0) is 26.0 Å². The predicted octanol–water partition coefficient (Wildman–Crippen LogP) is 4.37. The molecule has 2 aromatic rings. The van der Waals surface area contributed by atoms with Crippen molar-refractivity contribution in [3.63, 3.8) is 0 Å². The first-order chi connectivity index (χ1) is 11.4. The van der Waals surface area contributed by atoms with E-state index in [0.717, 1.165) is 22.6 Å². The van der Waals surface area contributed by atoms with Gasteiger partial charge in [-0.15, -0.1) is 0 Å². The summed E-state index contributed by atoms with van der Waals surface area (Å²) in [6.07, 6.45) is 0. The molecule has 6 nitrogen and oxygen atoms in total. The van der Waals surface area contributed by atoms with Crippen molar-refractivity contribution in [1.29, 1.82) is 0 Å². The summed E-state index contributed by atoms with van der Waals surface area (Å²) in [5.41, 5.74) is 3.19. The third-order valence-corrected chi connectivity index (χ3v) is 11.0. The molecular weight excluding hydrogens is 576 g/mol. The second-order valence-corrected chi connectivity index (χ2v) is 9.86. The topological polar surface area (TPSA) is 63.8 Å². The highest BCUT2D eigenvalue weighted by Gasteiger charge is 2.63. The lowest BCUT2D eigenvalue weighted by Gasteiger charge is -2.49. The number of oxime groups is 1. The Labute approximate surface area is 171 Å². The largest absolute Gasteiger partial charge is 0.354 e. The first kappa shape index (κ1) is 17.4. The summed E-state index contributed by atoms with van der Waals surface area (Å²) in [4.78, 5) is 10.6. The van der Waals surface area contributed by atoms with Gasteiger partial charge in [0, 0.05) is 4.83 Å². The first-order valence-electron chi connectivity index (χ1n) is 7.20. The number of hydrogen-bond donors (Lipinski definition) is 0. The predicted molar refractivity (Wildman–Crippen MR) is 105 cm³/mol. The van der Waals surface area contributed by atoms with E-state index in [0.29, 0.717) is 5.58 Å². The van der Waals surface area contributed by atoms with Gasteiger partial charge in [0.15, 0.2) is 11.1 Å². The smallest absolute Gasteiger partial charge is 0.185 e. The van der Waals surface area contributed by atoms with Crippen molar-refractivity contribution in [2.75, 3.05) is 0 Å². The maximum atomic E-state index is 5.67. The monoisotopic (exact) mass is 584 g/mol. The van der Waals surface area contributed by atoms with E-state index in [-0.39, 0.29) is 19.4 Å². The number of halogens is 4. The molecule has 24 heavy (non-hydrogen) atoms. The van der Waals surface area contributed by atoms with Crippen LogP contribution in [0, 0.1) is 6.92 Å². The van der Waals surface area contributed by atoms with E-state index in [1.165, 1.54) is 0 Å². The summed E-state index contributed by atoms with van der Waals surface area (Å²) >= 11 is 15.1. The van der Waals surface area contributed by atoms with Crippen molar-refractivity contribution >= 4 is 80.5 Å². The molecule has 2 aliphatic heterocycles. The molecule has 0 aromatic carbocycles. The molecule has 5 atom stereocenters. The lowest BCUT2D eigenvalue weighted by molar-refractivity contribution is -0.201. The molecule has 0 N–H and O–H groups in total. The van der Waals surface area contributed by atoms with Crippen molar-refractivity contribution in [1.82, 2.24) is 15.2 Å². The minimum atomic E-state index is -0.648. The van der Waals surface area contributed by atoms with Crippen LogP contribution >= 0.6 is 63.7 Å². The van der Waals surface area contributed by atoms with Crippen LogP contribution in [-0.4, -0.2) is 40.3 Å². The van der Waals surface area contributed by atoms with Crippen LogP contribution < -0.4 is 0 Å². The molecule has 0 saturated carbocycles. The molecule has 2 aliphatic rings. The quantitative estimate of drug-likeness (QED) is 0.366. The fourth-order valence-corrected chi connectivity index (χ4v) is 7.06. The van der Waals surface area contributed by atoms with E-state index in [1.54, 1.807) is 0 Å². The number of hydrogen-bond acceptors (Lipinski definition) is 6. The molecule has 0 spiro atoms. The zero-order valence-corrected chi connectivity index (χ0v) is 18.9. The van der Waals surface area contributed by atoms with Crippen LogP contribution in [0.5, 0.6) is 0 Å². The Bertz CT molecular complexity index is 843. The minimum absolute atomic E-state index is 0.0282. The van der Waals surface area contributed by atoms with Crippen LogP contribution in [0.3, 0.4) is 0 Å². The van der Waals surface area contributed by atoms with Crippen LogP contribution in [0.15, 0.2) is 21.8 Å². The van der Waals surface area contributed by atoms with Crippen LogP contribution in [0.1, 0.15) is 18.3 Å². The van der Waals surface area contributed by atoms with Crippen molar-refractivity contribution in [3.8, 4) is 0 Å². The van der Waals surface area contributed by atoms with Crippen molar-refractivity contribution in [2.24, 2.45) is 5.16 Å². The van der Waals surface area contributed by atoms with Gasteiger partial charge in [0.1, 0.15) is 16.2 Å². The van der Waals surface area contributed by atoms with Crippen molar-refractivity contribution in [3.05, 3.63) is 23.5 Å². The second-order valence-electron chi connectivity index (χ2n) is 5.83. The van der Waals surface area contributed by atoms with Crippen molar-refractivity contribution in [2.45, 2.75) is 38.8 Å². The lowest BCUT2D eigenvalue weighted by atomic mass is 9.81. The summed E-state index contributed by atoms with van der Waals surface area (Å²) in [7, 11) is 0. The molecule has 0 aliphatic carbocycles. The Morgan fingerprint density at radius 3 is 2.62 bits per heavy atom. The molecule has 2 aromatic heterocycles. The number of pyridine rings is 1. The van der Waals surface area contributed by atoms with Gasteiger partial charge in [0.05, 0.1) is 21.1 Å². The maximum Gasteiger partial charge on any atom is 0.185 e. The molecule has 10 heteroatoms. The van der Waals surface area contributed by atoms with Crippen LogP contribution in [0.25, 0.3) is 11.1 Å². The van der Waals surface area contributed by atoms with Gasteiger partial charge >= 0.3 is 0 Å². The molecule has 0 bridgehead atoms. The number of nitrogens with zero attached hydrogens (tertiary/aromatic N) is 4. The van der Waals surface area contributed by atoms with Crippen molar-refractivity contribution < 1.29 is 9.46 Å². The van der Waals surface area contributed by atoms with Gasteiger partial charge < -0.3 is 4.52 Å². The highest BCUT2D eigenvalue weighted by molar-refractivity contribution is 9.14. The Kier molecular flexibility index (Phi) is 4.35. The van der Waals surface area contributed by atoms with E-state index >= 15 is 0 Å². The molecule has 0 amide bonds. The molecule has 4 rings (SSSR count). The van der Waals surface area contributed by atoms with Crippen LogP contribution in [-0.2, 0) is 10.5 Å². The number of fused-ring (bicyclic) bond motifs is 2. The molecular formula is C14H12Br4N4O2. The lowest BCUT2D eigenvalue weighted by Crippen LogP contribution is -2.65. The molecule has 1 saturated heterocycles. The number of aromatic nitrogens is 2. The zero-order valence-electron chi connectivity index (χ0n) is 12.6. The summed E-state index contributed by atoms with van der Waals surface area (Å²) in [5, 5.41) is 10.1. The van der Waals surface area contributed by atoms with Crippen LogP contribution in [0.2, 0.25) is 0 Å². The fraction of sp³-hybridized carbons (Fsp3) is 0.500. The van der Waals surface area contributed by atoms with Crippen LogP contribution in [0.4, 0.5) is 0 Å². The van der Waals surface area contributed by atoms with Gasteiger partial charge in [0.2, 0.25) is 0 Å². The molecule has 4 heterocycles. The van der Waals surface area contributed by atoms with E-state index in [9.17, 15) is 0 Å². The van der Waals surface area contributed by atoms with E-state index in [4.69, 9.17) is 14.4 Å². The summed E-state index contributed by atoms with van der Waals surface area (Å²) in [5.74, 6) is 0. The van der Waals surface area contributed by atoms with E-state index in [2.05, 4.69) is 74.0 Å². The van der Waals surface area contributed by atoms with E-state index in [1.807, 2.05) is 31.0 Å². The second kappa shape index (κ2) is 6.00. The third kappa shape index (κ3) is 2.15. The average molecular weight is 588 g/mol. The van der Waals surface area contributed by atoms with Gasteiger partial charge in [0.25, 0.3) is 0 Å². The number of aryl methyl sites for hydroxylation is 1. The number of alkyl halides is 4. The van der Waals surface area contributed by atoms with Gasteiger partial charge in [-0.2, -0.15) is 0 Å². The standard InChI is InChI=1S/C14H12Br4N4O2/c1-5-11-7(23-20-5)3-4-8(19-11)14-6(2)21-24-22(14)13(18)10(16)9(15)12(14)17/h3-4,9-10,12-13H,1-2H3. The average Bonchev–Trinajstić information content (AvgIpc) is 3.12. The Morgan fingerprint density at radius 2 is 1.88 bits per heavy atom. The SMILES string of the molecule is CC1=NON2C(Br)C(Br)C(Br)C(Br)C12c1ccc2onc(C)c2n1. The Hall–Kier alpha value is -0.0300. The third-order valence-electron chi connectivity index (χ3n) is 4.51. The van der Waals surface area contributed by atoms with Gasteiger partial charge in [-0.1, -0.05) is 79.1 Å². The highest BCUT2D eigenvalue weighted by Crippen LogP contribution is 2.52. The first-order valence-corrected chi connectivity index (χ1v) is 10.9. The fourth-order valence-electron chi connectivity index (χ4n) is 3.22. The number of hydroxylamine groups is 2. The normalized spacial score (nSPS) is 36.5. The Morgan fingerprint density at radius 1 is 1.12 bits per heavy atom. The van der Waals surface area contributed by atoms with Gasteiger partial charge in [-0.3, -0.25) is 4.94 Å². The highest BCUT2D eigenvalue weighted by atomic mass is 79.9. The number of rotatable bonds is 1. The minimum Gasteiger partial charge on any atom is -0.354 e. The molecule has 1 fully saturated rings. The maximum absolute atomic E-state index is 5.67. The molecule has 5 unspecified atom stereocenters. The van der Waals surface area contributed by atoms with E-state index < -0.39 is 5.54 Å². The zero-order chi connectivity index (χ0) is 17.2. The molecule has 0 radical (unpaired) electrons. The molecule has 128 valence electrons. The Balaban J connectivity index is 1.96. The summed E-state index contributed by atoms with van der Waals surface area (Å²) in [6, 6.07) is 3.83.